The van der Waals surface area contributed by atoms with Gasteiger partial charge in [0.05, 0.1) is 12.0 Å². The van der Waals surface area contributed by atoms with Crippen molar-refractivity contribution in [2.24, 2.45) is 0 Å². The van der Waals surface area contributed by atoms with Gasteiger partial charge >= 0.3 is 6.18 Å². The van der Waals surface area contributed by atoms with Gasteiger partial charge in [0.2, 0.25) is 5.91 Å². The molecule has 2 heterocycles. The quantitative estimate of drug-likeness (QED) is 0.324. The summed E-state index contributed by atoms with van der Waals surface area (Å²) in [6, 6.07) is 11.1. The van der Waals surface area contributed by atoms with E-state index < -0.39 is 22.4 Å². The first kappa shape index (κ1) is 30.2. The second-order valence-electron chi connectivity index (χ2n) is 9.93. The number of amides is 1. The largest absolute Gasteiger partial charge is 0.497 e. The van der Waals surface area contributed by atoms with Crippen molar-refractivity contribution < 1.29 is 27.6 Å². The Morgan fingerprint density at radius 3 is 2.26 bits per heavy atom. The first-order valence-corrected chi connectivity index (χ1v) is 12.9. The summed E-state index contributed by atoms with van der Waals surface area (Å²) in [4.78, 5) is 26.9. The van der Waals surface area contributed by atoms with Gasteiger partial charge in [0.1, 0.15) is 11.3 Å². The molecule has 0 unspecified atom stereocenters. The van der Waals surface area contributed by atoms with E-state index >= 15 is 0 Å². The van der Waals surface area contributed by atoms with Gasteiger partial charge in [-0.25, -0.2) is 0 Å². The van der Waals surface area contributed by atoms with E-state index in [1.165, 1.54) is 11.6 Å². The highest BCUT2D eigenvalue weighted by Gasteiger charge is 2.38. The standard InChI is InChI=1S/C27H33F3N4O4.CH4/c1-38-23-5-2-19(3-6-23)20-8-13-32(14-9-20)15-12-26(35)33-16-10-21(11-17-33)31-22-4-7-25(34(36)37)24(18-22)27(28,29)30;/h2-7,18,20-21,31H,8-17H2,1H3;1H4. The number of hydrogen-bond acceptors (Lipinski definition) is 6. The summed E-state index contributed by atoms with van der Waals surface area (Å²) in [6.07, 6.45) is -1.08. The number of ether oxygens (including phenoxy) is 1. The third-order valence-electron chi connectivity index (χ3n) is 7.53. The number of benzene rings is 2. The van der Waals surface area contributed by atoms with Crippen molar-refractivity contribution in [3.8, 4) is 5.75 Å². The van der Waals surface area contributed by atoms with E-state index in [1.807, 2.05) is 17.0 Å². The minimum Gasteiger partial charge on any atom is -0.497 e. The number of nitrogens with one attached hydrogen (secondary N) is 1. The maximum atomic E-state index is 13.3. The molecule has 2 aliphatic rings. The molecule has 0 bridgehead atoms. The van der Waals surface area contributed by atoms with E-state index in [4.69, 9.17) is 4.74 Å². The predicted molar refractivity (Wildman–Crippen MR) is 144 cm³/mol. The van der Waals surface area contributed by atoms with Gasteiger partial charge in [0, 0.05) is 43.9 Å². The average molecular weight is 551 g/mol. The first-order chi connectivity index (χ1) is 18.1. The molecule has 39 heavy (non-hydrogen) atoms. The molecule has 4 rings (SSSR count). The van der Waals surface area contributed by atoms with E-state index in [0.717, 1.165) is 50.4 Å². The monoisotopic (exact) mass is 550 g/mol. The van der Waals surface area contributed by atoms with Crippen LogP contribution in [0.3, 0.4) is 0 Å². The lowest BCUT2D eigenvalue weighted by atomic mass is 9.89. The molecule has 8 nitrogen and oxygen atoms in total. The van der Waals surface area contributed by atoms with Crippen LogP contribution in [0.15, 0.2) is 42.5 Å². The van der Waals surface area contributed by atoms with Gasteiger partial charge < -0.3 is 19.9 Å². The van der Waals surface area contributed by atoms with Crippen molar-refractivity contribution in [3.63, 3.8) is 0 Å². The van der Waals surface area contributed by atoms with E-state index in [1.54, 1.807) is 7.11 Å². The molecule has 11 heteroatoms. The summed E-state index contributed by atoms with van der Waals surface area (Å²) in [5, 5.41) is 14.0. The second-order valence-corrected chi connectivity index (χ2v) is 9.93. The van der Waals surface area contributed by atoms with E-state index in [2.05, 4.69) is 22.3 Å². The summed E-state index contributed by atoms with van der Waals surface area (Å²) in [5.41, 5.74) is -0.728. The highest BCUT2D eigenvalue weighted by molar-refractivity contribution is 5.76. The average Bonchev–Trinajstić information content (AvgIpc) is 2.92. The zero-order valence-corrected chi connectivity index (χ0v) is 21.4. The molecule has 2 saturated heterocycles. The van der Waals surface area contributed by atoms with Crippen LogP contribution in [0.25, 0.3) is 0 Å². The summed E-state index contributed by atoms with van der Waals surface area (Å²) in [6.45, 7) is 3.66. The molecule has 0 aliphatic carbocycles. The summed E-state index contributed by atoms with van der Waals surface area (Å²) in [5.74, 6) is 1.46. The lowest BCUT2D eigenvalue weighted by molar-refractivity contribution is -0.388. The van der Waals surface area contributed by atoms with E-state index in [9.17, 15) is 28.1 Å². The normalized spacial score (nSPS) is 17.4. The molecule has 2 aromatic carbocycles. The predicted octanol–water partition coefficient (Wildman–Crippen LogP) is 5.93. The number of methoxy groups -OCH3 is 1. The molecule has 0 atom stereocenters. The van der Waals surface area contributed by atoms with Crippen molar-refractivity contribution >= 4 is 17.3 Å². The molecule has 0 radical (unpaired) electrons. The molecule has 2 fully saturated rings. The van der Waals surface area contributed by atoms with Gasteiger partial charge in [-0.3, -0.25) is 14.9 Å². The van der Waals surface area contributed by atoms with Gasteiger partial charge in [-0.15, -0.1) is 0 Å². The number of likely N-dealkylation sites (tertiary alicyclic amines) is 2. The summed E-state index contributed by atoms with van der Waals surface area (Å²) >= 11 is 0. The third-order valence-corrected chi connectivity index (χ3v) is 7.53. The Labute approximate surface area is 227 Å². The number of nitro groups is 1. The van der Waals surface area contributed by atoms with Gasteiger partial charge in [-0.1, -0.05) is 19.6 Å². The molecule has 0 spiro atoms. The number of hydrogen-bond donors (Lipinski definition) is 1. The Hall–Kier alpha value is -3.34. The fourth-order valence-corrected chi connectivity index (χ4v) is 5.30. The smallest absolute Gasteiger partial charge is 0.423 e. The van der Waals surface area contributed by atoms with Crippen LogP contribution in [0.5, 0.6) is 5.75 Å². The number of nitrogens with zero attached hydrogens (tertiary/aromatic N) is 3. The van der Waals surface area contributed by atoms with Gasteiger partial charge in [-0.2, -0.15) is 13.2 Å². The van der Waals surface area contributed by atoms with Crippen molar-refractivity contribution in [1.82, 2.24) is 9.80 Å². The number of anilines is 1. The molecule has 1 amide bonds. The van der Waals surface area contributed by atoms with E-state index in [-0.39, 0.29) is 25.1 Å². The molecule has 0 aromatic heterocycles. The fourth-order valence-electron chi connectivity index (χ4n) is 5.30. The maximum Gasteiger partial charge on any atom is 0.423 e. The summed E-state index contributed by atoms with van der Waals surface area (Å²) in [7, 11) is 1.66. The molecule has 2 aromatic rings. The van der Waals surface area contributed by atoms with Crippen molar-refractivity contribution in [2.75, 3.05) is 45.2 Å². The zero-order valence-electron chi connectivity index (χ0n) is 21.4. The number of halogens is 3. The van der Waals surface area contributed by atoms with Crippen LogP contribution in [0.1, 0.15) is 56.6 Å². The maximum absolute atomic E-state index is 13.3. The van der Waals surface area contributed by atoms with Crippen LogP contribution >= 0.6 is 0 Å². The van der Waals surface area contributed by atoms with Gasteiger partial charge in [-0.05, 0) is 74.5 Å². The van der Waals surface area contributed by atoms with Crippen LogP contribution in [0.2, 0.25) is 0 Å². The Morgan fingerprint density at radius 1 is 1.05 bits per heavy atom. The van der Waals surface area contributed by atoms with Gasteiger partial charge in [0.25, 0.3) is 5.69 Å². The van der Waals surface area contributed by atoms with Crippen LogP contribution < -0.4 is 10.1 Å². The number of rotatable bonds is 8. The number of piperidine rings is 2. The summed E-state index contributed by atoms with van der Waals surface area (Å²) < 4.78 is 45.0. The van der Waals surface area contributed by atoms with Crippen molar-refractivity contribution in [3.05, 3.63) is 63.7 Å². The second kappa shape index (κ2) is 13.1. The highest BCUT2D eigenvalue weighted by Crippen LogP contribution is 2.38. The molecule has 2 aliphatic heterocycles. The molecule has 1 N–H and O–H groups in total. The Kier molecular flexibility index (Phi) is 10.2. The molecule has 0 saturated carbocycles. The number of carbonyl (C=O) groups is 1. The minimum absolute atomic E-state index is 0. The molecular formula is C28H37F3N4O4. The molecule has 214 valence electrons. The Bertz CT molecular complexity index is 1110. The SMILES string of the molecule is C.COc1ccc(C2CCN(CCC(=O)N3CCC(Nc4ccc([N+](=O)[O-])c(C(F)(F)F)c4)CC3)CC2)cc1. The minimum atomic E-state index is -4.82. The number of carbonyl (C=O) groups excluding carboxylic acids is 1. The van der Waals surface area contributed by atoms with Crippen LogP contribution in [0, 0.1) is 10.1 Å². The highest BCUT2D eigenvalue weighted by atomic mass is 19.4. The van der Waals surface area contributed by atoms with E-state index in [0.29, 0.717) is 38.3 Å². The van der Waals surface area contributed by atoms with Gasteiger partial charge in [0.15, 0.2) is 0 Å². The van der Waals surface area contributed by atoms with Crippen LogP contribution in [-0.2, 0) is 11.0 Å². The fraction of sp³-hybridized carbons (Fsp3) is 0.536. The first-order valence-electron chi connectivity index (χ1n) is 12.9. The van der Waals surface area contributed by atoms with Crippen molar-refractivity contribution in [1.29, 1.82) is 0 Å². The number of alkyl halides is 3. The lowest BCUT2D eigenvalue weighted by Crippen LogP contribution is -2.43. The topological polar surface area (TPSA) is 88.0 Å². The lowest BCUT2D eigenvalue weighted by Gasteiger charge is -2.35. The molecular weight excluding hydrogens is 513 g/mol. The van der Waals surface area contributed by atoms with Crippen LogP contribution in [0.4, 0.5) is 24.5 Å². The Balaban J connectivity index is 0.00000420. The van der Waals surface area contributed by atoms with Crippen LogP contribution in [-0.4, -0.2) is 66.5 Å². The zero-order chi connectivity index (χ0) is 27.3. The third kappa shape index (κ3) is 7.84. The Morgan fingerprint density at radius 2 is 1.69 bits per heavy atom. The number of nitro benzene ring substituents is 1. The van der Waals surface area contributed by atoms with Crippen molar-refractivity contribution in [2.45, 2.75) is 57.7 Å².